The summed E-state index contributed by atoms with van der Waals surface area (Å²) >= 11 is 0. The lowest BCUT2D eigenvalue weighted by atomic mass is 9.90. The van der Waals surface area contributed by atoms with Gasteiger partial charge in [0.2, 0.25) is 0 Å². The molecule has 2 unspecified atom stereocenters. The van der Waals surface area contributed by atoms with Crippen LogP contribution >= 0.6 is 0 Å². The summed E-state index contributed by atoms with van der Waals surface area (Å²) in [6, 6.07) is 0. The Morgan fingerprint density at radius 2 is 0.923 bits per heavy atom. The van der Waals surface area contributed by atoms with Crippen molar-refractivity contribution in [1.82, 2.24) is 0 Å². The molecule has 0 N–H and O–H groups in total. The van der Waals surface area contributed by atoms with Crippen molar-refractivity contribution in [2.45, 2.75) is 143 Å². The highest BCUT2D eigenvalue weighted by atomic mass is 14.1. The van der Waals surface area contributed by atoms with E-state index in [2.05, 4.69) is 39.8 Å². The summed E-state index contributed by atoms with van der Waals surface area (Å²) in [7, 11) is 0. The summed E-state index contributed by atoms with van der Waals surface area (Å²) in [5.74, 6) is 1.88. The van der Waals surface area contributed by atoms with Gasteiger partial charge in [0, 0.05) is 0 Å². The molecule has 2 atom stereocenters. The molecule has 0 heterocycles. The number of rotatable bonds is 20. The first kappa shape index (κ1) is 25.7. The van der Waals surface area contributed by atoms with Gasteiger partial charge in [0.15, 0.2) is 0 Å². The van der Waals surface area contributed by atoms with E-state index in [0.29, 0.717) is 0 Å². The number of allylic oxidation sites excluding steroid dienone is 2. The van der Waals surface area contributed by atoms with Gasteiger partial charge in [-0.25, -0.2) is 0 Å². The molecular formula is C26H52. The Hall–Kier alpha value is -0.260. The van der Waals surface area contributed by atoms with Crippen molar-refractivity contribution in [2.75, 3.05) is 0 Å². The zero-order valence-electron chi connectivity index (χ0n) is 19.0. The van der Waals surface area contributed by atoms with Crippen LogP contribution in [0.3, 0.4) is 0 Å². The van der Waals surface area contributed by atoms with Gasteiger partial charge in [-0.1, -0.05) is 130 Å². The molecule has 0 rings (SSSR count). The summed E-state index contributed by atoms with van der Waals surface area (Å²) in [4.78, 5) is 0. The molecule has 26 heavy (non-hydrogen) atoms. The van der Waals surface area contributed by atoms with Crippen molar-refractivity contribution in [3.05, 3.63) is 12.2 Å². The quantitative estimate of drug-likeness (QED) is 0.149. The van der Waals surface area contributed by atoms with Gasteiger partial charge < -0.3 is 0 Å². The van der Waals surface area contributed by atoms with E-state index in [0.717, 1.165) is 11.8 Å². The minimum atomic E-state index is 0.941. The second-order valence-corrected chi connectivity index (χ2v) is 8.96. The van der Waals surface area contributed by atoms with Crippen molar-refractivity contribution in [2.24, 2.45) is 11.8 Å². The molecule has 0 amide bonds. The van der Waals surface area contributed by atoms with E-state index in [4.69, 9.17) is 0 Å². The fraction of sp³-hybridized carbons (Fsp3) is 0.923. The molecule has 0 heteroatoms. The van der Waals surface area contributed by atoms with Crippen LogP contribution in [0.5, 0.6) is 0 Å². The second-order valence-electron chi connectivity index (χ2n) is 8.96. The SMILES string of the molecule is CCCCC=CCCCCCCCCCCCC(C)CC(C)CCCC. The van der Waals surface area contributed by atoms with Crippen molar-refractivity contribution in [3.8, 4) is 0 Å². The minimum Gasteiger partial charge on any atom is -0.0885 e. The standard InChI is InChI=1S/C26H52/c1-5-7-9-10-11-12-13-14-15-16-17-18-19-20-21-23-26(4)24-25(3)22-8-6-2/h10-11,25-26H,5-9,12-24H2,1-4H3. The van der Waals surface area contributed by atoms with E-state index in [-0.39, 0.29) is 0 Å². The predicted molar refractivity (Wildman–Crippen MR) is 122 cm³/mol. The van der Waals surface area contributed by atoms with Crippen molar-refractivity contribution >= 4 is 0 Å². The van der Waals surface area contributed by atoms with Crippen LogP contribution < -0.4 is 0 Å². The number of hydrogen-bond donors (Lipinski definition) is 0. The molecule has 0 radical (unpaired) electrons. The van der Waals surface area contributed by atoms with E-state index in [1.54, 1.807) is 0 Å². The highest BCUT2D eigenvalue weighted by Gasteiger charge is 2.08. The first-order chi connectivity index (χ1) is 12.7. The summed E-state index contributed by atoms with van der Waals surface area (Å²) in [6.45, 7) is 9.50. The van der Waals surface area contributed by atoms with E-state index in [9.17, 15) is 0 Å². The fourth-order valence-corrected chi connectivity index (χ4v) is 4.03. The maximum absolute atomic E-state index is 2.47. The lowest BCUT2D eigenvalue weighted by Crippen LogP contribution is -2.03. The summed E-state index contributed by atoms with van der Waals surface area (Å²) < 4.78 is 0. The fourth-order valence-electron chi connectivity index (χ4n) is 4.03. The summed E-state index contributed by atoms with van der Waals surface area (Å²) in [5.41, 5.74) is 0. The van der Waals surface area contributed by atoms with E-state index < -0.39 is 0 Å². The van der Waals surface area contributed by atoms with Gasteiger partial charge in [-0.15, -0.1) is 0 Å². The minimum absolute atomic E-state index is 0.941. The van der Waals surface area contributed by atoms with Crippen LogP contribution in [0.1, 0.15) is 143 Å². The third-order valence-corrected chi connectivity index (χ3v) is 5.81. The smallest absolute Gasteiger partial charge is 0.0351 e. The third kappa shape index (κ3) is 20.1. The molecule has 0 aliphatic carbocycles. The lowest BCUT2D eigenvalue weighted by Gasteiger charge is -2.16. The van der Waals surface area contributed by atoms with Gasteiger partial charge in [0.25, 0.3) is 0 Å². The molecule has 0 saturated carbocycles. The van der Waals surface area contributed by atoms with Crippen LogP contribution in [0.25, 0.3) is 0 Å². The Morgan fingerprint density at radius 1 is 0.500 bits per heavy atom. The van der Waals surface area contributed by atoms with Crippen molar-refractivity contribution < 1.29 is 0 Å². The molecule has 0 aromatic rings. The van der Waals surface area contributed by atoms with Gasteiger partial charge in [0.05, 0.1) is 0 Å². The van der Waals surface area contributed by atoms with Crippen molar-refractivity contribution in [1.29, 1.82) is 0 Å². The Bertz CT molecular complexity index is 278. The number of unbranched alkanes of at least 4 members (excludes halogenated alkanes) is 12. The topological polar surface area (TPSA) is 0 Å². The van der Waals surface area contributed by atoms with Crippen LogP contribution in [-0.2, 0) is 0 Å². The zero-order chi connectivity index (χ0) is 19.3. The van der Waals surface area contributed by atoms with E-state index in [1.807, 2.05) is 0 Å². The molecule has 0 aliphatic heterocycles. The zero-order valence-corrected chi connectivity index (χ0v) is 19.0. The highest BCUT2D eigenvalue weighted by Crippen LogP contribution is 2.22. The van der Waals surface area contributed by atoms with E-state index >= 15 is 0 Å². The highest BCUT2D eigenvalue weighted by molar-refractivity contribution is 4.81. The summed E-state index contributed by atoms with van der Waals surface area (Å²) in [5, 5.41) is 0. The summed E-state index contributed by atoms with van der Waals surface area (Å²) in [6.07, 6.45) is 30.3. The Balaban J connectivity index is 3.22. The Morgan fingerprint density at radius 3 is 1.46 bits per heavy atom. The molecule has 0 spiro atoms. The molecule has 156 valence electrons. The molecule has 0 saturated heterocycles. The van der Waals surface area contributed by atoms with Crippen molar-refractivity contribution in [3.63, 3.8) is 0 Å². The van der Waals surface area contributed by atoms with Gasteiger partial charge >= 0.3 is 0 Å². The monoisotopic (exact) mass is 364 g/mol. The molecular weight excluding hydrogens is 312 g/mol. The Kier molecular flexibility index (Phi) is 20.8. The average Bonchev–Trinajstić information content (AvgIpc) is 2.63. The predicted octanol–water partition coefficient (Wildman–Crippen LogP) is 9.88. The first-order valence-corrected chi connectivity index (χ1v) is 12.4. The van der Waals surface area contributed by atoms with Crippen LogP contribution in [0.2, 0.25) is 0 Å². The van der Waals surface area contributed by atoms with Gasteiger partial charge in [-0.05, 0) is 37.5 Å². The average molecular weight is 365 g/mol. The maximum Gasteiger partial charge on any atom is -0.0351 e. The molecule has 0 fully saturated rings. The van der Waals surface area contributed by atoms with Gasteiger partial charge in [-0.2, -0.15) is 0 Å². The normalized spacial score (nSPS) is 14.2. The molecule has 0 bridgehead atoms. The molecule has 0 aromatic carbocycles. The van der Waals surface area contributed by atoms with Crippen LogP contribution in [0.15, 0.2) is 12.2 Å². The Labute approximate surface area is 167 Å². The molecule has 0 nitrogen and oxygen atoms in total. The van der Waals surface area contributed by atoms with Crippen LogP contribution in [0, 0.1) is 11.8 Å². The largest absolute Gasteiger partial charge is 0.0885 e. The number of hydrogen-bond acceptors (Lipinski definition) is 0. The van der Waals surface area contributed by atoms with Gasteiger partial charge in [-0.3, -0.25) is 0 Å². The maximum atomic E-state index is 2.47. The molecule has 0 aliphatic rings. The lowest BCUT2D eigenvalue weighted by molar-refractivity contribution is 0.359. The van der Waals surface area contributed by atoms with Crippen LogP contribution in [-0.4, -0.2) is 0 Å². The van der Waals surface area contributed by atoms with Crippen LogP contribution in [0.4, 0.5) is 0 Å². The van der Waals surface area contributed by atoms with E-state index in [1.165, 1.54) is 116 Å². The third-order valence-electron chi connectivity index (χ3n) is 5.81. The molecule has 0 aromatic heterocycles. The second kappa shape index (κ2) is 21.0. The first-order valence-electron chi connectivity index (χ1n) is 12.4. The van der Waals surface area contributed by atoms with Gasteiger partial charge in [0.1, 0.15) is 0 Å².